The first-order chi connectivity index (χ1) is 8.11. The van der Waals surface area contributed by atoms with Crippen LogP contribution in [0.25, 0.3) is 11.3 Å². The second-order valence-electron chi connectivity index (χ2n) is 4.04. The highest BCUT2D eigenvalue weighted by Crippen LogP contribution is 2.26. The van der Waals surface area contributed by atoms with Crippen LogP contribution in [0.3, 0.4) is 0 Å². The van der Waals surface area contributed by atoms with E-state index in [1.807, 2.05) is 26.1 Å². The Kier molecular flexibility index (Phi) is 3.64. The van der Waals surface area contributed by atoms with Crippen molar-refractivity contribution in [2.24, 2.45) is 0 Å². The van der Waals surface area contributed by atoms with Crippen molar-refractivity contribution in [2.45, 2.75) is 19.9 Å². The normalized spacial score (nSPS) is 12.7. The first kappa shape index (κ1) is 12.3. The lowest BCUT2D eigenvalue weighted by Crippen LogP contribution is -2.12. The highest BCUT2D eigenvalue weighted by molar-refractivity contribution is 9.10. The molecule has 1 atom stereocenters. The van der Waals surface area contributed by atoms with E-state index in [1.54, 1.807) is 6.20 Å². The van der Waals surface area contributed by atoms with Gasteiger partial charge in [0.05, 0.1) is 12.2 Å². The topological polar surface area (TPSA) is 38.1 Å². The quantitative estimate of drug-likeness (QED) is 0.938. The molecule has 0 saturated heterocycles. The van der Waals surface area contributed by atoms with Gasteiger partial charge in [-0.1, -0.05) is 22.0 Å². The number of halogens is 1. The van der Waals surface area contributed by atoms with E-state index >= 15 is 0 Å². The van der Waals surface area contributed by atoms with Crippen molar-refractivity contribution in [3.63, 3.8) is 0 Å². The summed E-state index contributed by atoms with van der Waals surface area (Å²) in [5.41, 5.74) is 2.23. The van der Waals surface area contributed by atoms with Crippen LogP contribution in [0.4, 0.5) is 0 Å². The summed E-state index contributed by atoms with van der Waals surface area (Å²) in [7, 11) is 1.89. The Morgan fingerprint density at radius 1 is 1.41 bits per heavy atom. The van der Waals surface area contributed by atoms with Gasteiger partial charge in [0.2, 0.25) is 5.89 Å². The van der Waals surface area contributed by atoms with E-state index in [2.05, 4.69) is 39.2 Å². The fourth-order valence-corrected chi connectivity index (χ4v) is 1.79. The molecule has 0 aliphatic rings. The van der Waals surface area contributed by atoms with Crippen LogP contribution in [0.15, 0.2) is 33.3 Å². The molecule has 2 rings (SSSR count). The van der Waals surface area contributed by atoms with E-state index in [-0.39, 0.29) is 6.04 Å². The highest BCUT2D eigenvalue weighted by atomic mass is 79.9. The third-order valence-electron chi connectivity index (χ3n) is 2.77. The lowest BCUT2D eigenvalue weighted by molar-refractivity contribution is 0.441. The van der Waals surface area contributed by atoms with Gasteiger partial charge in [0.25, 0.3) is 0 Å². The molecule has 1 aromatic carbocycles. The first-order valence-corrected chi connectivity index (χ1v) is 6.30. The van der Waals surface area contributed by atoms with Crippen molar-refractivity contribution in [3.05, 3.63) is 40.3 Å². The van der Waals surface area contributed by atoms with E-state index in [9.17, 15) is 0 Å². The predicted molar refractivity (Wildman–Crippen MR) is 71.9 cm³/mol. The van der Waals surface area contributed by atoms with Gasteiger partial charge in [-0.05, 0) is 38.6 Å². The van der Waals surface area contributed by atoms with Gasteiger partial charge >= 0.3 is 0 Å². The maximum absolute atomic E-state index is 5.73. The van der Waals surface area contributed by atoms with Gasteiger partial charge < -0.3 is 9.73 Å². The number of aromatic nitrogens is 1. The van der Waals surface area contributed by atoms with Gasteiger partial charge in [-0.2, -0.15) is 0 Å². The monoisotopic (exact) mass is 294 g/mol. The summed E-state index contributed by atoms with van der Waals surface area (Å²) in [4.78, 5) is 4.27. The van der Waals surface area contributed by atoms with Crippen molar-refractivity contribution in [2.75, 3.05) is 7.05 Å². The minimum Gasteiger partial charge on any atom is -0.439 e. The van der Waals surface area contributed by atoms with Gasteiger partial charge in [-0.3, -0.25) is 0 Å². The molecule has 3 nitrogen and oxygen atoms in total. The Morgan fingerprint density at radius 2 is 2.18 bits per heavy atom. The van der Waals surface area contributed by atoms with Crippen LogP contribution >= 0.6 is 15.9 Å². The number of rotatable bonds is 3. The van der Waals surface area contributed by atoms with Crippen LogP contribution in [0.1, 0.15) is 24.4 Å². The zero-order chi connectivity index (χ0) is 12.4. The zero-order valence-corrected chi connectivity index (χ0v) is 11.7. The molecule has 0 amide bonds. The average Bonchev–Trinajstić information content (AvgIpc) is 2.81. The second kappa shape index (κ2) is 5.02. The highest BCUT2D eigenvalue weighted by Gasteiger charge is 2.11. The van der Waals surface area contributed by atoms with Crippen molar-refractivity contribution in [3.8, 4) is 11.3 Å². The molecule has 0 aliphatic carbocycles. The van der Waals surface area contributed by atoms with Crippen LogP contribution < -0.4 is 5.32 Å². The Bertz CT molecular complexity index is 522. The zero-order valence-electron chi connectivity index (χ0n) is 10.1. The molecule has 0 spiro atoms. The maximum atomic E-state index is 5.73. The first-order valence-electron chi connectivity index (χ1n) is 5.51. The summed E-state index contributed by atoms with van der Waals surface area (Å²) < 4.78 is 6.83. The third kappa shape index (κ3) is 2.58. The molecule has 0 radical (unpaired) electrons. The van der Waals surface area contributed by atoms with Crippen LogP contribution in [0.2, 0.25) is 0 Å². The molecular weight excluding hydrogens is 280 g/mol. The lowest BCUT2D eigenvalue weighted by Gasteiger charge is -2.04. The molecule has 0 fully saturated rings. The Labute approximate surface area is 109 Å². The number of hydrogen-bond acceptors (Lipinski definition) is 3. The van der Waals surface area contributed by atoms with Crippen LogP contribution in [0, 0.1) is 6.92 Å². The molecule has 0 saturated carbocycles. The summed E-state index contributed by atoms with van der Waals surface area (Å²) >= 11 is 3.49. The molecule has 17 heavy (non-hydrogen) atoms. The Hall–Kier alpha value is -1.13. The van der Waals surface area contributed by atoms with Crippen LogP contribution in [-0.4, -0.2) is 12.0 Å². The fourth-order valence-electron chi connectivity index (χ4n) is 1.54. The number of benzene rings is 1. The van der Waals surface area contributed by atoms with Gasteiger partial charge in [0.15, 0.2) is 5.76 Å². The van der Waals surface area contributed by atoms with E-state index in [4.69, 9.17) is 4.42 Å². The number of oxazole rings is 1. The summed E-state index contributed by atoms with van der Waals surface area (Å²) in [6.45, 7) is 4.07. The van der Waals surface area contributed by atoms with Gasteiger partial charge in [0.1, 0.15) is 0 Å². The number of nitrogens with zero attached hydrogens (tertiary/aromatic N) is 1. The van der Waals surface area contributed by atoms with Crippen LogP contribution in [0.5, 0.6) is 0 Å². The molecule has 1 unspecified atom stereocenters. The minimum absolute atomic E-state index is 0.125. The number of hydrogen-bond donors (Lipinski definition) is 1. The van der Waals surface area contributed by atoms with E-state index in [1.165, 1.54) is 5.56 Å². The largest absolute Gasteiger partial charge is 0.439 e. The molecule has 90 valence electrons. The molecule has 2 aromatic rings. The van der Waals surface area contributed by atoms with Crippen molar-refractivity contribution < 1.29 is 4.42 Å². The fraction of sp³-hybridized carbons (Fsp3) is 0.308. The summed E-state index contributed by atoms with van der Waals surface area (Å²) in [5.74, 6) is 1.51. The smallest absolute Gasteiger partial charge is 0.211 e. The van der Waals surface area contributed by atoms with Crippen molar-refractivity contribution in [1.29, 1.82) is 0 Å². The van der Waals surface area contributed by atoms with E-state index in [0.717, 1.165) is 15.8 Å². The maximum Gasteiger partial charge on any atom is 0.211 e. The summed E-state index contributed by atoms with van der Waals surface area (Å²) in [6.07, 6.45) is 1.77. The standard InChI is InChI=1S/C13H15BrN2O/c1-8-6-10(4-5-11(8)14)12-7-16-13(17-12)9(2)15-3/h4-7,9,15H,1-3H3. The summed E-state index contributed by atoms with van der Waals surface area (Å²) in [5, 5.41) is 3.10. The Balaban J connectivity index is 2.33. The molecule has 4 heteroatoms. The van der Waals surface area contributed by atoms with E-state index < -0.39 is 0 Å². The molecular formula is C13H15BrN2O. The number of aryl methyl sites for hydroxylation is 1. The minimum atomic E-state index is 0.125. The van der Waals surface area contributed by atoms with Crippen LogP contribution in [-0.2, 0) is 0 Å². The molecule has 1 heterocycles. The van der Waals surface area contributed by atoms with E-state index in [0.29, 0.717) is 5.89 Å². The van der Waals surface area contributed by atoms with Gasteiger partial charge in [0, 0.05) is 10.0 Å². The molecule has 0 bridgehead atoms. The predicted octanol–water partition coefficient (Wildman–Crippen LogP) is 3.69. The molecule has 0 aliphatic heterocycles. The molecule has 1 N–H and O–H groups in total. The SMILES string of the molecule is CNC(C)c1ncc(-c2ccc(Br)c(C)c2)o1. The number of nitrogens with one attached hydrogen (secondary N) is 1. The van der Waals surface area contributed by atoms with Crippen molar-refractivity contribution in [1.82, 2.24) is 10.3 Å². The van der Waals surface area contributed by atoms with Gasteiger partial charge in [-0.15, -0.1) is 0 Å². The van der Waals surface area contributed by atoms with Gasteiger partial charge in [-0.25, -0.2) is 4.98 Å². The average molecular weight is 295 g/mol. The van der Waals surface area contributed by atoms with Crippen molar-refractivity contribution >= 4 is 15.9 Å². The third-order valence-corrected chi connectivity index (χ3v) is 3.66. The molecule has 1 aromatic heterocycles. The lowest BCUT2D eigenvalue weighted by atomic mass is 10.1. The Morgan fingerprint density at radius 3 is 2.82 bits per heavy atom. The summed E-state index contributed by atoms with van der Waals surface area (Å²) in [6, 6.07) is 6.25. The second-order valence-corrected chi connectivity index (χ2v) is 4.89.